The highest BCUT2D eigenvalue weighted by atomic mass is 16.7. The van der Waals surface area contributed by atoms with Crippen LogP contribution in [0.5, 0.6) is 0 Å². The molecule has 0 aliphatic heterocycles. The van der Waals surface area contributed by atoms with E-state index in [9.17, 15) is 14.7 Å². The SMILES string of the molecule is CCCCCCCOC(=O)OC[C@@H](OC(C)n1ccc(N)nc1=O)[C@@H](O)CC#N. The maximum atomic E-state index is 11.9. The summed E-state index contributed by atoms with van der Waals surface area (Å²) in [4.78, 5) is 27.2. The molecule has 10 nitrogen and oxygen atoms in total. The summed E-state index contributed by atoms with van der Waals surface area (Å²) in [5.41, 5.74) is 4.83. The number of nitrogen functional groups attached to an aromatic ring is 1. The van der Waals surface area contributed by atoms with Gasteiger partial charge in [0.2, 0.25) is 0 Å². The van der Waals surface area contributed by atoms with E-state index in [1.165, 1.54) is 12.3 Å². The predicted octanol–water partition coefficient (Wildman–Crippen LogP) is 2.13. The van der Waals surface area contributed by atoms with E-state index in [0.29, 0.717) is 0 Å². The number of nitrogens with two attached hydrogens (primary N) is 1. The van der Waals surface area contributed by atoms with Gasteiger partial charge < -0.3 is 25.1 Å². The predicted molar refractivity (Wildman–Crippen MR) is 105 cm³/mol. The summed E-state index contributed by atoms with van der Waals surface area (Å²) in [6, 6.07) is 3.25. The maximum Gasteiger partial charge on any atom is 0.508 e. The van der Waals surface area contributed by atoms with Gasteiger partial charge in [0, 0.05) is 6.20 Å². The Morgan fingerprint density at radius 2 is 2.07 bits per heavy atom. The van der Waals surface area contributed by atoms with Crippen molar-refractivity contribution < 1.29 is 24.1 Å². The minimum Gasteiger partial charge on any atom is -0.434 e. The Hall–Kier alpha value is -2.64. The van der Waals surface area contributed by atoms with Gasteiger partial charge in [-0.2, -0.15) is 10.2 Å². The summed E-state index contributed by atoms with van der Waals surface area (Å²) in [6.07, 6.45) is 2.27. The zero-order valence-corrected chi connectivity index (χ0v) is 17.0. The van der Waals surface area contributed by atoms with Gasteiger partial charge in [-0.15, -0.1) is 0 Å². The van der Waals surface area contributed by atoms with Crippen molar-refractivity contribution >= 4 is 12.0 Å². The fourth-order valence-electron chi connectivity index (χ4n) is 2.54. The van der Waals surface area contributed by atoms with E-state index in [4.69, 9.17) is 25.2 Å². The first-order valence-electron chi connectivity index (χ1n) is 9.73. The van der Waals surface area contributed by atoms with Crippen LogP contribution in [0.2, 0.25) is 0 Å². The largest absolute Gasteiger partial charge is 0.508 e. The molecule has 0 saturated heterocycles. The van der Waals surface area contributed by atoms with Gasteiger partial charge in [-0.1, -0.05) is 32.6 Å². The molecule has 3 atom stereocenters. The van der Waals surface area contributed by atoms with Crippen LogP contribution in [0.1, 0.15) is 58.6 Å². The molecule has 0 aliphatic carbocycles. The van der Waals surface area contributed by atoms with Crippen molar-refractivity contribution in [3.05, 3.63) is 22.7 Å². The lowest BCUT2D eigenvalue weighted by molar-refractivity contribution is -0.121. The molecule has 0 radical (unpaired) electrons. The highest BCUT2D eigenvalue weighted by Gasteiger charge is 2.25. The number of aromatic nitrogens is 2. The van der Waals surface area contributed by atoms with E-state index in [1.807, 2.05) is 6.07 Å². The standard InChI is InChI=1S/C19H30N4O6/c1-3-4-5-6-7-12-27-19(26)28-13-16(15(24)8-10-20)29-14(2)23-11-9-17(21)22-18(23)25/h9,11,14-16,24H,3-8,12-13H2,1-2H3,(H2,21,22,25)/t14?,15-,16+/m0/s1. The van der Waals surface area contributed by atoms with E-state index in [1.54, 1.807) is 6.92 Å². The van der Waals surface area contributed by atoms with Crippen molar-refractivity contribution in [2.75, 3.05) is 18.9 Å². The lowest BCUT2D eigenvalue weighted by atomic mass is 10.1. The normalized spacial score (nSPS) is 13.9. The van der Waals surface area contributed by atoms with Crippen LogP contribution >= 0.6 is 0 Å². The van der Waals surface area contributed by atoms with Crippen LogP contribution in [0.4, 0.5) is 10.6 Å². The number of nitrogens with zero attached hydrogens (tertiary/aromatic N) is 3. The lowest BCUT2D eigenvalue weighted by Gasteiger charge is -2.26. The summed E-state index contributed by atoms with van der Waals surface area (Å²) in [7, 11) is 0. The molecule has 162 valence electrons. The molecule has 1 heterocycles. The summed E-state index contributed by atoms with van der Waals surface area (Å²) in [5, 5.41) is 18.9. The minimum absolute atomic E-state index is 0.0697. The van der Waals surface area contributed by atoms with Gasteiger partial charge in [-0.05, 0) is 19.4 Å². The van der Waals surface area contributed by atoms with Crippen LogP contribution in [-0.4, -0.2) is 46.2 Å². The van der Waals surface area contributed by atoms with Crippen LogP contribution in [0.25, 0.3) is 0 Å². The Balaban J connectivity index is 2.56. The molecule has 0 spiro atoms. The summed E-state index contributed by atoms with van der Waals surface area (Å²) in [6.45, 7) is 3.59. The molecular formula is C19H30N4O6. The van der Waals surface area contributed by atoms with Crippen molar-refractivity contribution in [3.8, 4) is 6.07 Å². The molecule has 0 fully saturated rings. The van der Waals surface area contributed by atoms with Gasteiger partial charge >= 0.3 is 11.8 Å². The van der Waals surface area contributed by atoms with E-state index in [-0.39, 0.29) is 25.5 Å². The number of hydrogen-bond donors (Lipinski definition) is 2. The second kappa shape index (κ2) is 13.5. The highest BCUT2D eigenvalue weighted by molar-refractivity contribution is 5.59. The molecule has 3 N–H and O–H groups in total. The quantitative estimate of drug-likeness (QED) is 0.368. The number of rotatable bonds is 13. The molecule has 0 amide bonds. The molecule has 1 unspecified atom stereocenters. The topological polar surface area (TPSA) is 150 Å². The van der Waals surface area contributed by atoms with Crippen molar-refractivity contribution in [1.82, 2.24) is 9.55 Å². The fraction of sp³-hybridized carbons (Fsp3) is 0.684. The number of carbonyl (C=O) groups is 1. The Bertz CT molecular complexity index is 717. The second-order valence-corrected chi connectivity index (χ2v) is 6.57. The highest BCUT2D eigenvalue weighted by Crippen LogP contribution is 2.14. The Kier molecular flexibility index (Phi) is 11.4. The molecule has 29 heavy (non-hydrogen) atoms. The van der Waals surface area contributed by atoms with Crippen molar-refractivity contribution in [3.63, 3.8) is 0 Å². The first-order chi connectivity index (χ1) is 13.9. The number of aliphatic hydroxyl groups excluding tert-OH is 1. The number of carbonyl (C=O) groups excluding carboxylic acids is 1. The second-order valence-electron chi connectivity index (χ2n) is 6.57. The van der Waals surface area contributed by atoms with Crippen LogP contribution < -0.4 is 11.4 Å². The smallest absolute Gasteiger partial charge is 0.434 e. The monoisotopic (exact) mass is 410 g/mol. The van der Waals surface area contributed by atoms with Gasteiger partial charge in [0.25, 0.3) is 0 Å². The first kappa shape index (κ1) is 24.4. The van der Waals surface area contributed by atoms with Crippen molar-refractivity contribution in [2.45, 2.75) is 70.8 Å². The average Bonchev–Trinajstić information content (AvgIpc) is 2.67. The number of anilines is 1. The third-order valence-electron chi connectivity index (χ3n) is 4.18. The molecular weight excluding hydrogens is 380 g/mol. The summed E-state index contributed by atoms with van der Waals surface area (Å²) >= 11 is 0. The Morgan fingerprint density at radius 3 is 2.72 bits per heavy atom. The zero-order valence-electron chi connectivity index (χ0n) is 17.0. The van der Waals surface area contributed by atoms with Crippen LogP contribution in [0.3, 0.4) is 0 Å². The lowest BCUT2D eigenvalue weighted by Crippen LogP contribution is -2.38. The molecule has 1 rings (SSSR count). The van der Waals surface area contributed by atoms with Crippen LogP contribution in [0, 0.1) is 11.3 Å². The first-order valence-corrected chi connectivity index (χ1v) is 9.73. The fourth-order valence-corrected chi connectivity index (χ4v) is 2.54. The van der Waals surface area contributed by atoms with Gasteiger partial charge in [0.15, 0.2) is 0 Å². The van der Waals surface area contributed by atoms with Crippen molar-refractivity contribution in [1.29, 1.82) is 5.26 Å². The Labute approximate surface area is 170 Å². The number of aliphatic hydroxyl groups is 1. The number of nitriles is 1. The van der Waals surface area contributed by atoms with Gasteiger partial charge in [0.1, 0.15) is 24.8 Å². The molecule has 1 aromatic heterocycles. The van der Waals surface area contributed by atoms with E-state index < -0.39 is 30.3 Å². The van der Waals surface area contributed by atoms with Gasteiger partial charge in [0.05, 0.1) is 25.2 Å². The molecule has 10 heteroatoms. The maximum absolute atomic E-state index is 11.9. The molecule has 0 bridgehead atoms. The molecule has 0 aromatic carbocycles. The third kappa shape index (κ3) is 9.40. The van der Waals surface area contributed by atoms with Gasteiger partial charge in [-0.3, -0.25) is 4.57 Å². The van der Waals surface area contributed by atoms with E-state index in [2.05, 4.69) is 11.9 Å². The molecule has 0 aliphatic rings. The molecule has 1 aromatic rings. The number of ether oxygens (including phenoxy) is 3. The van der Waals surface area contributed by atoms with Crippen molar-refractivity contribution in [2.24, 2.45) is 0 Å². The number of unbranched alkanes of at least 4 members (excludes halogenated alkanes) is 4. The minimum atomic E-state index is -1.22. The van der Waals surface area contributed by atoms with Gasteiger partial charge in [-0.25, -0.2) is 9.59 Å². The average molecular weight is 410 g/mol. The third-order valence-corrected chi connectivity index (χ3v) is 4.18. The summed E-state index contributed by atoms with van der Waals surface area (Å²) in [5.74, 6) is 0.0697. The van der Waals surface area contributed by atoms with Crippen LogP contribution in [0.15, 0.2) is 17.1 Å². The summed E-state index contributed by atoms with van der Waals surface area (Å²) < 4.78 is 16.8. The van der Waals surface area contributed by atoms with E-state index >= 15 is 0 Å². The van der Waals surface area contributed by atoms with Crippen LogP contribution in [-0.2, 0) is 14.2 Å². The number of hydrogen-bond acceptors (Lipinski definition) is 9. The Morgan fingerprint density at radius 1 is 1.34 bits per heavy atom. The van der Waals surface area contributed by atoms with E-state index in [0.717, 1.165) is 36.7 Å². The zero-order chi connectivity index (χ0) is 21.6. The molecule has 0 saturated carbocycles.